The molecule has 1 nitrogen and oxygen atoms in total. The van der Waals surface area contributed by atoms with E-state index in [0.29, 0.717) is 17.0 Å². The summed E-state index contributed by atoms with van der Waals surface area (Å²) in [5.74, 6) is -1.59. The van der Waals surface area contributed by atoms with Crippen LogP contribution in [0.3, 0.4) is 0 Å². The first kappa shape index (κ1) is 15.9. The van der Waals surface area contributed by atoms with Crippen LogP contribution in [0, 0.1) is 11.6 Å². The van der Waals surface area contributed by atoms with Gasteiger partial charge in [0.15, 0.2) is 11.6 Å². The molecule has 0 saturated carbocycles. The van der Waals surface area contributed by atoms with Crippen molar-refractivity contribution in [1.82, 2.24) is 5.32 Å². The van der Waals surface area contributed by atoms with Crippen LogP contribution in [0.5, 0.6) is 0 Å². The lowest BCUT2D eigenvalue weighted by molar-refractivity contribution is 0.477. The normalized spacial score (nSPS) is 12.4. The minimum Gasteiger partial charge on any atom is -0.310 e. The molecule has 1 unspecified atom stereocenters. The highest BCUT2D eigenvalue weighted by atomic mass is 35.5. The minimum absolute atomic E-state index is 0.0973. The summed E-state index contributed by atoms with van der Waals surface area (Å²) in [4.78, 5) is 0. The van der Waals surface area contributed by atoms with Gasteiger partial charge in [0.1, 0.15) is 0 Å². The molecule has 112 valence electrons. The number of rotatable bonds is 6. The summed E-state index contributed by atoms with van der Waals surface area (Å²) in [7, 11) is 0. The minimum atomic E-state index is -0.812. The summed E-state index contributed by atoms with van der Waals surface area (Å²) in [5.41, 5.74) is 1.34. The summed E-state index contributed by atoms with van der Waals surface area (Å²) < 4.78 is 27.2. The second-order valence-corrected chi connectivity index (χ2v) is 5.42. The third kappa shape index (κ3) is 4.26. The lowest BCUT2D eigenvalue weighted by Gasteiger charge is -2.20. The molecule has 2 aromatic rings. The van der Waals surface area contributed by atoms with Gasteiger partial charge in [0.25, 0.3) is 0 Å². The zero-order valence-electron chi connectivity index (χ0n) is 11.9. The summed E-state index contributed by atoms with van der Waals surface area (Å²) >= 11 is 6.02. The molecule has 1 atom stereocenters. The molecule has 0 spiro atoms. The highest BCUT2D eigenvalue weighted by molar-refractivity contribution is 6.30. The van der Waals surface area contributed by atoms with E-state index in [1.807, 2.05) is 18.2 Å². The second-order valence-electron chi connectivity index (χ2n) is 4.98. The largest absolute Gasteiger partial charge is 0.310 e. The predicted molar refractivity (Wildman–Crippen MR) is 82.5 cm³/mol. The van der Waals surface area contributed by atoms with Crippen LogP contribution in [0.15, 0.2) is 42.5 Å². The van der Waals surface area contributed by atoms with Crippen molar-refractivity contribution in [1.29, 1.82) is 0 Å². The van der Waals surface area contributed by atoms with Crippen molar-refractivity contribution in [2.45, 2.75) is 25.8 Å². The lowest BCUT2D eigenvalue weighted by Crippen LogP contribution is -2.24. The van der Waals surface area contributed by atoms with Crippen LogP contribution in [0.25, 0.3) is 0 Å². The Kier molecular flexibility index (Phi) is 5.71. The van der Waals surface area contributed by atoms with Crippen molar-refractivity contribution in [2.24, 2.45) is 0 Å². The Labute approximate surface area is 128 Å². The Morgan fingerprint density at radius 1 is 1.14 bits per heavy atom. The third-order valence-corrected chi connectivity index (χ3v) is 3.58. The fourth-order valence-corrected chi connectivity index (χ4v) is 2.47. The van der Waals surface area contributed by atoms with E-state index >= 15 is 0 Å². The Balaban J connectivity index is 2.26. The van der Waals surface area contributed by atoms with E-state index in [0.717, 1.165) is 24.6 Å². The molecule has 21 heavy (non-hydrogen) atoms. The molecule has 2 aromatic carbocycles. The molecule has 0 radical (unpaired) electrons. The van der Waals surface area contributed by atoms with Crippen LogP contribution in [0.2, 0.25) is 5.02 Å². The van der Waals surface area contributed by atoms with Crippen molar-refractivity contribution in [3.8, 4) is 0 Å². The molecule has 0 amide bonds. The van der Waals surface area contributed by atoms with Gasteiger partial charge in [-0.2, -0.15) is 0 Å². The molecule has 0 bridgehead atoms. The molecule has 2 rings (SSSR count). The Morgan fingerprint density at radius 2 is 1.90 bits per heavy atom. The van der Waals surface area contributed by atoms with Crippen LogP contribution in [-0.4, -0.2) is 6.54 Å². The molecule has 0 saturated heterocycles. The number of nitrogens with one attached hydrogen (secondary N) is 1. The molecule has 0 heterocycles. The van der Waals surface area contributed by atoms with Crippen molar-refractivity contribution in [3.05, 3.63) is 70.2 Å². The highest BCUT2D eigenvalue weighted by Crippen LogP contribution is 2.23. The number of hydrogen-bond acceptors (Lipinski definition) is 1. The molecule has 0 aliphatic rings. The number of halogens is 3. The van der Waals surface area contributed by atoms with E-state index in [1.54, 1.807) is 12.1 Å². The summed E-state index contributed by atoms with van der Waals surface area (Å²) in [6.45, 7) is 2.86. The molecular formula is C17H18ClF2N. The van der Waals surface area contributed by atoms with Gasteiger partial charge in [-0.3, -0.25) is 0 Å². The molecule has 1 N–H and O–H groups in total. The van der Waals surface area contributed by atoms with Crippen molar-refractivity contribution in [2.75, 3.05) is 6.54 Å². The van der Waals surface area contributed by atoms with Crippen LogP contribution in [-0.2, 0) is 6.42 Å². The Bertz CT molecular complexity index is 601. The van der Waals surface area contributed by atoms with Gasteiger partial charge in [0.05, 0.1) is 0 Å². The van der Waals surface area contributed by atoms with E-state index in [-0.39, 0.29) is 6.04 Å². The summed E-state index contributed by atoms with van der Waals surface area (Å²) in [5, 5.41) is 4.00. The molecule has 0 fully saturated rings. The van der Waals surface area contributed by atoms with E-state index in [2.05, 4.69) is 12.2 Å². The smallest absolute Gasteiger partial charge is 0.162 e. The maximum Gasteiger partial charge on any atom is 0.162 e. The van der Waals surface area contributed by atoms with Crippen LogP contribution >= 0.6 is 11.6 Å². The van der Waals surface area contributed by atoms with Gasteiger partial charge < -0.3 is 5.32 Å². The standard InChI is InChI=1S/C17H18ClF2N/c1-2-9-21-16(12-5-3-7-14(18)10-12)11-13-6-4-8-15(19)17(13)20/h3-8,10,16,21H,2,9,11H2,1H3. The van der Waals surface area contributed by atoms with Gasteiger partial charge in [0, 0.05) is 11.1 Å². The van der Waals surface area contributed by atoms with Crippen LogP contribution in [0.1, 0.15) is 30.5 Å². The fraction of sp³-hybridized carbons (Fsp3) is 0.294. The van der Waals surface area contributed by atoms with E-state index in [4.69, 9.17) is 11.6 Å². The van der Waals surface area contributed by atoms with E-state index in [1.165, 1.54) is 6.07 Å². The zero-order chi connectivity index (χ0) is 15.2. The molecular weight excluding hydrogens is 292 g/mol. The summed E-state index contributed by atoms with van der Waals surface area (Å²) in [6, 6.07) is 11.6. The first-order valence-corrected chi connectivity index (χ1v) is 7.41. The highest BCUT2D eigenvalue weighted by Gasteiger charge is 2.16. The average molecular weight is 310 g/mol. The van der Waals surface area contributed by atoms with Gasteiger partial charge in [0.2, 0.25) is 0 Å². The van der Waals surface area contributed by atoms with Gasteiger partial charge >= 0.3 is 0 Å². The number of benzene rings is 2. The van der Waals surface area contributed by atoms with Gasteiger partial charge in [-0.25, -0.2) is 8.78 Å². The third-order valence-electron chi connectivity index (χ3n) is 3.35. The predicted octanol–water partition coefficient (Wildman–Crippen LogP) is 4.90. The first-order chi connectivity index (χ1) is 10.1. The SMILES string of the molecule is CCCNC(Cc1cccc(F)c1F)c1cccc(Cl)c1. The quantitative estimate of drug-likeness (QED) is 0.800. The van der Waals surface area contributed by atoms with Gasteiger partial charge in [-0.05, 0) is 48.7 Å². The zero-order valence-corrected chi connectivity index (χ0v) is 12.6. The van der Waals surface area contributed by atoms with E-state index in [9.17, 15) is 8.78 Å². The van der Waals surface area contributed by atoms with Crippen molar-refractivity contribution < 1.29 is 8.78 Å². The Hall–Kier alpha value is -1.45. The van der Waals surface area contributed by atoms with Crippen LogP contribution < -0.4 is 5.32 Å². The van der Waals surface area contributed by atoms with Crippen molar-refractivity contribution in [3.63, 3.8) is 0 Å². The maximum absolute atomic E-state index is 13.9. The molecule has 0 aliphatic heterocycles. The molecule has 0 aliphatic carbocycles. The topological polar surface area (TPSA) is 12.0 Å². The second kappa shape index (κ2) is 7.53. The average Bonchev–Trinajstić information content (AvgIpc) is 2.47. The summed E-state index contributed by atoms with van der Waals surface area (Å²) in [6.07, 6.45) is 1.34. The Morgan fingerprint density at radius 3 is 2.62 bits per heavy atom. The molecule has 0 aromatic heterocycles. The monoisotopic (exact) mass is 309 g/mol. The van der Waals surface area contributed by atoms with Gasteiger partial charge in [-0.1, -0.05) is 42.8 Å². The van der Waals surface area contributed by atoms with Crippen molar-refractivity contribution >= 4 is 11.6 Å². The van der Waals surface area contributed by atoms with Gasteiger partial charge in [-0.15, -0.1) is 0 Å². The fourth-order valence-electron chi connectivity index (χ4n) is 2.28. The first-order valence-electron chi connectivity index (χ1n) is 7.03. The van der Waals surface area contributed by atoms with Crippen LogP contribution in [0.4, 0.5) is 8.78 Å². The molecule has 4 heteroatoms. The van der Waals surface area contributed by atoms with E-state index < -0.39 is 11.6 Å². The number of hydrogen-bond donors (Lipinski definition) is 1. The lowest BCUT2D eigenvalue weighted by atomic mass is 9.98. The maximum atomic E-state index is 13.9.